The van der Waals surface area contributed by atoms with Gasteiger partial charge in [-0.2, -0.15) is 0 Å². The van der Waals surface area contributed by atoms with Gasteiger partial charge in [-0.1, -0.05) is 147 Å². The Balaban J connectivity index is 1.08. The molecule has 7 aromatic carbocycles. The van der Waals surface area contributed by atoms with Crippen LogP contribution in [0.3, 0.4) is 0 Å². The minimum absolute atomic E-state index is 0.238. The van der Waals surface area contributed by atoms with Gasteiger partial charge in [0.05, 0.1) is 15.8 Å². The Bertz CT molecular complexity index is 3110. The molecule has 3 heterocycles. The average Bonchev–Trinajstić information content (AvgIpc) is 3.92. The zero-order chi connectivity index (χ0) is 36.7. The predicted molar refractivity (Wildman–Crippen MR) is 225 cm³/mol. The van der Waals surface area contributed by atoms with Crippen molar-refractivity contribution in [1.29, 1.82) is 0 Å². The van der Waals surface area contributed by atoms with Crippen molar-refractivity contribution in [3.05, 3.63) is 169 Å². The zero-order valence-electron chi connectivity index (χ0n) is 30.1. The van der Waals surface area contributed by atoms with Crippen molar-refractivity contribution in [3.63, 3.8) is 0 Å². The zero-order valence-corrected chi connectivity index (χ0v) is 30.9. The van der Waals surface area contributed by atoms with E-state index in [1.165, 1.54) is 27.0 Å². The molecule has 0 aliphatic heterocycles. The minimum atomic E-state index is -0.238. The lowest BCUT2D eigenvalue weighted by atomic mass is 9.82. The molecule has 0 unspecified atom stereocenters. The van der Waals surface area contributed by atoms with Gasteiger partial charge in [-0.15, -0.1) is 11.3 Å². The van der Waals surface area contributed by atoms with E-state index in [0.717, 1.165) is 65.8 Å². The molecular formula is C49H32N4OS. The number of rotatable bonds is 5. The van der Waals surface area contributed by atoms with Gasteiger partial charge in [0.25, 0.3) is 0 Å². The Morgan fingerprint density at radius 2 is 1.11 bits per heavy atom. The molecule has 11 rings (SSSR count). The Morgan fingerprint density at radius 3 is 1.91 bits per heavy atom. The fourth-order valence-corrected chi connectivity index (χ4v) is 9.30. The van der Waals surface area contributed by atoms with Crippen molar-refractivity contribution in [2.24, 2.45) is 0 Å². The van der Waals surface area contributed by atoms with Gasteiger partial charge in [0, 0.05) is 38.4 Å². The van der Waals surface area contributed by atoms with E-state index in [9.17, 15) is 0 Å². The van der Waals surface area contributed by atoms with Crippen LogP contribution in [0.25, 0.3) is 99.1 Å². The van der Waals surface area contributed by atoms with Gasteiger partial charge in [-0.3, -0.25) is 0 Å². The van der Waals surface area contributed by atoms with E-state index >= 15 is 0 Å². The summed E-state index contributed by atoms with van der Waals surface area (Å²) < 4.78 is 7.70. The summed E-state index contributed by atoms with van der Waals surface area (Å²) in [6.45, 7) is 4.63. The quantitative estimate of drug-likeness (QED) is 0.177. The summed E-state index contributed by atoms with van der Waals surface area (Å²) >= 11 is 1.77. The van der Waals surface area contributed by atoms with E-state index in [0.29, 0.717) is 17.5 Å². The monoisotopic (exact) mass is 724 g/mol. The highest BCUT2D eigenvalue weighted by Gasteiger charge is 2.37. The highest BCUT2D eigenvalue weighted by molar-refractivity contribution is 7.22. The maximum absolute atomic E-state index is 6.48. The molecule has 0 saturated heterocycles. The smallest absolute Gasteiger partial charge is 0.167 e. The molecule has 260 valence electrons. The Hall–Kier alpha value is -6.76. The molecule has 0 bridgehead atoms. The van der Waals surface area contributed by atoms with Gasteiger partial charge in [-0.05, 0) is 52.1 Å². The van der Waals surface area contributed by atoms with Gasteiger partial charge in [0.15, 0.2) is 17.5 Å². The molecule has 0 atom stereocenters. The number of thiazole rings is 1. The van der Waals surface area contributed by atoms with Gasteiger partial charge >= 0.3 is 0 Å². The first-order valence-corrected chi connectivity index (χ1v) is 19.3. The summed E-state index contributed by atoms with van der Waals surface area (Å²) in [5.74, 6) is 1.79. The minimum Gasteiger partial charge on any atom is -0.455 e. The maximum atomic E-state index is 6.48. The van der Waals surface area contributed by atoms with Crippen molar-refractivity contribution >= 4 is 43.5 Å². The second-order valence-corrected chi connectivity index (χ2v) is 15.6. The molecule has 0 N–H and O–H groups in total. The molecule has 0 fully saturated rings. The molecule has 6 heteroatoms. The number of hydrogen-bond donors (Lipinski definition) is 0. The molecule has 10 aromatic rings. The summed E-state index contributed by atoms with van der Waals surface area (Å²) in [5.41, 5.74) is 13.6. The number of aromatic nitrogens is 4. The van der Waals surface area contributed by atoms with Crippen LogP contribution in [-0.4, -0.2) is 19.9 Å². The molecule has 5 nitrogen and oxygen atoms in total. The first-order valence-electron chi connectivity index (χ1n) is 18.5. The number of hydrogen-bond acceptors (Lipinski definition) is 6. The largest absolute Gasteiger partial charge is 0.455 e. The summed E-state index contributed by atoms with van der Waals surface area (Å²) in [5, 5.41) is 3.13. The molecule has 55 heavy (non-hydrogen) atoms. The van der Waals surface area contributed by atoms with E-state index in [-0.39, 0.29) is 5.41 Å². The van der Waals surface area contributed by atoms with Crippen LogP contribution in [-0.2, 0) is 5.41 Å². The Morgan fingerprint density at radius 1 is 0.473 bits per heavy atom. The van der Waals surface area contributed by atoms with Crippen LogP contribution >= 0.6 is 11.3 Å². The molecule has 0 radical (unpaired) electrons. The first kappa shape index (κ1) is 31.7. The number of fused-ring (bicyclic) bond motifs is 8. The van der Waals surface area contributed by atoms with Gasteiger partial charge < -0.3 is 4.42 Å². The van der Waals surface area contributed by atoms with E-state index in [4.69, 9.17) is 24.4 Å². The summed E-state index contributed by atoms with van der Waals surface area (Å²) in [4.78, 5) is 20.6. The van der Waals surface area contributed by atoms with Crippen molar-refractivity contribution in [2.75, 3.05) is 0 Å². The van der Waals surface area contributed by atoms with Gasteiger partial charge in [0.1, 0.15) is 16.2 Å². The molecule has 3 aromatic heterocycles. The lowest BCUT2D eigenvalue weighted by Crippen LogP contribution is -2.15. The lowest BCUT2D eigenvalue weighted by Gasteiger charge is -2.22. The van der Waals surface area contributed by atoms with Gasteiger partial charge in [0.2, 0.25) is 0 Å². The third-order valence-corrected chi connectivity index (χ3v) is 12.1. The van der Waals surface area contributed by atoms with Crippen molar-refractivity contribution in [3.8, 4) is 67.0 Å². The predicted octanol–water partition coefficient (Wildman–Crippen LogP) is 13.0. The number of furan rings is 1. The fraction of sp³-hybridized carbons (Fsp3) is 0.0612. The molecule has 1 aliphatic carbocycles. The normalized spacial score (nSPS) is 13.1. The third kappa shape index (κ3) is 5.06. The van der Waals surface area contributed by atoms with Crippen LogP contribution in [0.4, 0.5) is 0 Å². The Labute approximate surface area is 321 Å². The van der Waals surface area contributed by atoms with Crippen LogP contribution in [0.2, 0.25) is 0 Å². The number of nitrogens with zero attached hydrogens (tertiary/aromatic N) is 4. The van der Waals surface area contributed by atoms with Crippen LogP contribution in [0.15, 0.2) is 162 Å². The fourth-order valence-electron chi connectivity index (χ4n) is 8.17. The second-order valence-electron chi connectivity index (χ2n) is 14.6. The number of benzene rings is 7. The van der Waals surface area contributed by atoms with E-state index in [2.05, 4.69) is 135 Å². The standard InChI is InChI=1S/C49H32N4OS/c1-49(2)38-26-27-40-44(55-48(50-40)32-14-7-4-8-15-32)42(38)36-25-24-33(28-39(36)49)46-51-45(31-22-20-30(21-23-31)29-12-5-3-6-13-29)52-47(53-46)37-18-11-17-35-34-16-9-10-19-41(34)54-43(35)37/h3-28H,1-2H3. The molecular weight excluding hydrogens is 693 g/mol. The molecule has 1 aliphatic rings. The van der Waals surface area contributed by atoms with Gasteiger partial charge in [-0.25, -0.2) is 19.9 Å². The molecule has 0 saturated carbocycles. The third-order valence-electron chi connectivity index (χ3n) is 11.0. The van der Waals surface area contributed by atoms with E-state index in [1.54, 1.807) is 11.3 Å². The topological polar surface area (TPSA) is 64.7 Å². The molecule has 0 amide bonds. The maximum Gasteiger partial charge on any atom is 0.167 e. The summed E-state index contributed by atoms with van der Waals surface area (Å²) in [6.07, 6.45) is 0. The first-order chi connectivity index (χ1) is 27.0. The van der Waals surface area contributed by atoms with Crippen LogP contribution in [0, 0.1) is 0 Å². The van der Waals surface area contributed by atoms with Crippen molar-refractivity contribution in [1.82, 2.24) is 19.9 Å². The molecule has 0 spiro atoms. The SMILES string of the molecule is CC1(C)c2cc(-c3nc(-c4ccc(-c5ccccc5)cc4)nc(-c4cccc5c4oc4ccccc45)n3)ccc2-c2c1ccc1nc(-c3ccccc3)sc21. The van der Waals surface area contributed by atoms with Crippen LogP contribution in [0.5, 0.6) is 0 Å². The van der Waals surface area contributed by atoms with Crippen molar-refractivity contribution in [2.45, 2.75) is 19.3 Å². The Kier molecular flexibility index (Phi) is 7.00. The lowest BCUT2D eigenvalue weighted by molar-refractivity contribution is 0.661. The number of para-hydroxylation sites is 2. The van der Waals surface area contributed by atoms with Crippen LogP contribution < -0.4 is 0 Å². The van der Waals surface area contributed by atoms with E-state index in [1.807, 2.05) is 36.4 Å². The van der Waals surface area contributed by atoms with Crippen molar-refractivity contribution < 1.29 is 4.42 Å². The second kappa shape index (κ2) is 12.1. The summed E-state index contributed by atoms with van der Waals surface area (Å²) in [7, 11) is 0. The highest BCUT2D eigenvalue weighted by atomic mass is 32.1. The average molecular weight is 725 g/mol. The summed E-state index contributed by atoms with van der Waals surface area (Å²) in [6, 6.07) is 54.8. The van der Waals surface area contributed by atoms with Crippen LogP contribution in [0.1, 0.15) is 25.0 Å². The highest BCUT2D eigenvalue weighted by Crippen LogP contribution is 2.53. The van der Waals surface area contributed by atoms with E-state index < -0.39 is 0 Å².